The van der Waals surface area contributed by atoms with Gasteiger partial charge in [0.15, 0.2) is 0 Å². The van der Waals surface area contributed by atoms with Gasteiger partial charge in [0, 0.05) is 39.3 Å². The Morgan fingerprint density at radius 1 is 0.609 bits per heavy atom. The van der Waals surface area contributed by atoms with Crippen molar-refractivity contribution in [1.82, 2.24) is 14.0 Å². The molecular weight excluding hydrogens is 303 g/mol. The van der Waals surface area contributed by atoms with E-state index in [9.17, 15) is 0 Å². The summed E-state index contributed by atoms with van der Waals surface area (Å²) in [4.78, 5) is 0. The zero-order valence-electron chi connectivity index (χ0n) is 14.2. The van der Waals surface area contributed by atoms with Gasteiger partial charge in [-0.15, -0.1) is 14.0 Å². The minimum absolute atomic E-state index is 1.26. The van der Waals surface area contributed by atoms with E-state index < -0.39 is 7.87 Å². The van der Waals surface area contributed by atoms with Crippen LogP contribution in [0.3, 0.4) is 0 Å². The number of hydrogen-bond acceptors (Lipinski definition) is 4. The van der Waals surface area contributed by atoms with Gasteiger partial charge in [-0.05, 0) is 50.7 Å². The van der Waals surface area contributed by atoms with Gasteiger partial charge in [-0.3, -0.25) is 0 Å². The summed E-state index contributed by atoms with van der Waals surface area (Å²) in [5.41, 5.74) is 1.30. The Morgan fingerprint density at radius 3 is 1.39 bits per heavy atom. The highest BCUT2D eigenvalue weighted by atomic mass is 31.2. The molecule has 1 aromatic carbocycles. The summed E-state index contributed by atoms with van der Waals surface area (Å²) < 4.78 is 8.49. The first kappa shape index (κ1) is 15.8. The van der Waals surface area contributed by atoms with Crippen molar-refractivity contribution in [1.29, 1.82) is 0 Å². The third-order valence-electron chi connectivity index (χ3n) is 5.48. The van der Waals surface area contributed by atoms with Gasteiger partial charge in [0.25, 0.3) is 0 Å². The fraction of sp³-hybridized carbons (Fsp3) is 0.667. The number of benzene rings is 1. The van der Waals surface area contributed by atoms with Gasteiger partial charge < -0.3 is 0 Å². The zero-order valence-corrected chi connectivity index (χ0v) is 15.1. The lowest BCUT2D eigenvalue weighted by Crippen LogP contribution is -2.46. The van der Waals surface area contributed by atoms with Gasteiger partial charge >= 0.3 is 7.87 Å². The predicted octanol–water partition coefficient (Wildman–Crippen LogP) is 4.06. The molecule has 4 nitrogen and oxygen atoms in total. The molecule has 0 amide bonds. The van der Waals surface area contributed by atoms with Crippen LogP contribution in [0.15, 0.2) is 30.3 Å². The molecule has 1 aromatic rings. The summed E-state index contributed by atoms with van der Waals surface area (Å²) in [7, 11) is -1.61. The smallest absolute Gasteiger partial charge is 0.214 e. The Kier molecular flexibility index (Phi) is 4.86. The molecule has 1 N–H and O–H groups in total. The average Bonchev–Trinajstić information content (AvgIpc) is 3.38. The molecule has 5 heteroatoms. The molecule has 3 aliphatic heterocycles. The van der Waals surface area contributed by atoms with Crippen LogP contribution in [0, 0.1) is 0 Å². The maximum atomic E-state index is 4.11. The monoisotopic (exact) mass is 333 g/mol. The number of anilines is 1. The molecule has 0 aliphatic carbocycles. The molecule has 3 fully saturated rings. The molecule has 0 radical (unpaired) electrons. The van der Waals surface area contributed by atoms with Crippen molar-refractivity contribution in [2.75, 3.05) is 44.4 Å². The van der Waals surface area contributed by atoms with Crippen molar-refractivity contribution in [3.8, 4) is 0 Å². The summed E-state index contributed by atoms with van der Waals surface area (Å²) in [6, 6.07) is 10.9. The largest absolute Gasteiger partial charge is 0.329 e. The summed E-state index contributed by atoms with van der Waals surface area (Å²) in [6.45, 7) is 7.59. The highest BCUT2D eigenvalue weighted by Gasteiger charge is 2.59. The van der Waals surface area contributed by atoms with Gasteiger partial charge in [-0.25, -0.2) is 5.09 Å². The third kappa shape index (κ3) is 3.02. The Labute approximate surface area is 141 Å². The van der Waals surface area contributed by atoms with Gasteiger partial charge in [0.2, 0.25) is 0 Å². The number of hydrogen-bond donors (Lipinski definition) is 1. The van der Waals surface area contributed by atoms with Crippen LogP contribution in [0.5, 0.6) is 0 Å². The second kappa shape index (κ2) is 7.06. The first-order valence-corrected chi connectivity index (χ1v) is 11.0. The average molecular weight is 333 g/mol. The first-order valence-electron chi connectivity index (χ1n) is 9.38. The molecule has 4 rings (SSSR count). The van der Waals surface area contributed by atoms with Crippen LogP contribution in [0.25, 0.3) is 0 Å². The van der Waals surface area contributed by atoms with E-state index in [1.54, 1.807) is 0 Å². The lowest BCUT2D eigenvalue weighted by Gasteiger charge is -2.43. The zero-order chi connectivity index (χ0) is 15.5. The maximum Gasteiger partial charge on any atom is 0.329 e. The molecular formula is C18H30N4P+. The van der Waals surface area contributed by atoms with E-state index in [-0.39, 0.29) is 0 Å². The van der Waals surface area contributed by atoms with Crippen LogP contribution in [-0.2, 0) is 0 Å². The van der Waals surface area contributed by atoms with Crippen molar-refractivity contribution in [2.24, 2.45) is 0 Å². The number of nitrogens with zero attached hydrogens (tertiary/aromatic N) is 3. The Morgan fingerprint density at radius 2 is 1.00 bits per heavy atom. The van der Waals surface area contributed by atoms with Crippen molar-refractivity contribution in [2.45, 2.75) is 38.5 Å². The molecule has 0 bridgehead atoms. The second-order valence-corrected chi connectivity index (χ2v) is 10.1. The fourth-order valence-electron chi connectivity index (χ4n) is 4.37. The van der Waals surface area contributed by atoms with E-state index in [4.69, 9.17) is 0 Å². The fourth-order valence-corrected chi connectivity index (χ4v) is 8.89. The molecule has 126 valence electrons. The van der Waals surface area contributed by atoms with Crippen LogP contribution in [0.1, 0.15) is 38.5 Å². The van der Waals surface area contributed by atoms with Gasteiger partial charge in [0.1, 0.15) is 0 Å². The van der Waals surface area contributed by atoms with E-state index in [0.29, 0.717) is 0 Å². The molecule has 3 saturated heterocycles. The Balaban J connectivity index is 1.71. The SMILES string of the molecule is c1ccc(N[P+](N2CCCC2)(N2CCCC2)N2CCCC2)cc1. The van der Waals surface area contributed by atoms with E-state index in [2.05, 4.69) is 49.4 Å². The topological polar surface area (TPSA) is 21.8 Å². The van der Waals surface area contributed by atoms with Gasteiger partial charge in [-0.2, -0.15) is 0 Å². The normalized spacial score (nSPS) is 24.5. The molecule has 3 heterocycles. The molecule has 0 aromatic heterocycles. The highest BCUT2D eigenvalue weighted by molar-refractivity contribution is 7.70. The van der Waals surface area contributed by atoms with E-state index >= 15 is 0 Å². The lowest BCUT2D eigenvalue weighted by atomic mass is 10.3. The van der Waals surface area contributed by atoms with Gasteiger partial charge in [0.05, 0.1) is 5.69 Å². The van der Waals surface area contributed by atoms with E-state index in [0.717, 1.165) is 0 Å². The summed E-state index contributed by atoms with van der Waals surface area (Å²) in [5, 5.41) is 4.11. The Bertz CT molecular complexity index is 450. The first-order chi connectivity index (χ1) is 11.4. The molecule has 0 unspecified atom stereocenters. The quantitative estimate of drug-likeness (QED) is 0.820. The maximum absolute atomic E-state index is 4.11. The number of para-hydroxylation sites is 1. The minimum Gasteiger partial charge on any atom is -0.214 e. The van der Waals surface area contributed by atoms with Crippen LogP contribution >= 0.6 is 7.87 Å². The standard InChI is InChI=1S/C18H30N4P/c1-2-10-18(11-3-1)19-23(20-12-4-5-13-20,21-14-6-7-15-21)22-16-8-9-17-22/h1-3,10-11,19H,4-9,12-17H2/q+1. The van der Waals surface area contributed by atoms with Crippen LogP contribution in [0.4, 0.5) is 5.69 Å². The molecule has 0 atom stereocenters. The predicted molar refractivity (Wildman–Crippen MR) is 99.4 cm³/mol. The summed E-state index contributed by atoms with van der Waals surface area (Å²) in [6.07, 6.45) is 8.17. The third-order valence-corrected chi connectivity index (χ3v) is 9.61. The lowest BCUT2D eigenvalue weighted by molar-refractivity contribution is 0.377. The van der Waals surface area contributed by atoms with Crippen LogP contribution in [-0.4, -0.2) is 53.3 Å². The highest BCUT2D eigenvalue weighted by Crippen LogP contribution is 2.69. The van der Waals surface area contributed by atoms with Crippen molar-refractivity contribution >= 4 is 13.6 Å². The van der Waals surface area contributed by atoms with Crippen molar-refractivity contribution < 1.29 is 0 Å². The van der Waals surface area contributed by atoms with Crippen LogP contribution < -0.4 is 5.09 Å². The summed E-state index contributed by atoms with van der Waals surface area (Å²) >= 11 is 0. The van der Waals surface area contributed by atoms with E-state index in [1.807, 2.05) is 0 Å². The van der Waals surface area contributed by atoms with Gasteiger partial charge in [-0.1, -0.05) is 18.2 Å². The van der Waals surface area contributed by atoms with E-state index in [1.165, 1.54) is 83.5 Å². The number of rotatable bonds is 5. The number of nitrogens with one attached hydrogen (secondary N) is 1. The van der Waals surface area contributed by atoms with Crippen LogP contribution in [0.2, 0.25) is 0 Å². The second-order valence-electron chi connectivity index (χ2n) is 7.03. The molecule has 0 spiro atoms. The van der Waals surface area contributed by atoms with Crippen molar-refractivity contribution in [3.63, 3.8) is 0 Å². The Hall–Kier alpha value is -0.670. The molecule has 3 aliphatic rings. The summed E-state index contributed by atoms with van der Waals surface area (Å²) in [5.74, 6) is 0. The molecule has 23 heavy (non-hydrogen) atoms. The van der Waals surface area contributed by atoms with Crippen molar-refractivity contribution in [3.05, 3.63) is 30.3 Å². The minimum atomic E-state index is -1.61. The molecule has 0 saturated carbocycles.